The van der Waals surface area contributed by atoms with Gasteiger partial charge in [0, 0.05) is 18.6 Å². The van der Waals surface area contributed by atoms with Crippen LogP contribution in [0.1, 0.15) is 24.8 Å². The summed E-state index contributed by atoms with van der Waals surface area (Å²) in [7, 11) is 1.65. The summed E-state index contributed by atoms with van der Waals surface area (Å²) in [6.45, 7) is 0.178. The summed E-state index contributed by atoms with van der Waals surface area (Å²) in [5.74, 6) is 2.20. The Balaban J connectivity index is 1.52. The number of fused-ring (bicyclic) bond motifs is 3. The Morgan fingerprint density at radius 2 is 2.08 bits per heavy atom. The average Bonchev–Trinajstić information content (AvgIpc) is 3.23. The molecule has 0 aromatic heterocycles. The molecule has 4 atom stereocenters. The zero-order valence-corrected chi connectivity index (χ0v) is 14.6. The van der Waals surface area contributed by atoms with Gasteiger partial charge in [0.1, 0.15) is 5.75 Å². The van der Waals surface area contributed by atoms with Crippen LogP contribution in [0.3, 0.4) is 0 Å². The Morgan fingerprint density at radius 1 is 1.24 bits per heavy atom. The molecule has 4 rings (SSSR count). The van der Waals surface area contributed by atoms with Gasteiger partial charge in [0.2, 0.25) is 5.91 Å². The molecule has 4 unspecified atom stereocenters. The molecular formula is C21H25NO3. The highest BCUT2D eigenvalue weighted by Crippen LogP contribution is 2.48. The first-order valence-corrected chi connectivity index (χ1v) is 9.15. The standard InChI is InChI=1S/C21H25NO3/c1-25-17-8-7-13-3-2-4-14(18(13)11-17)10-20(24)22-21-16-6-5-15(9-16)19(21)12-23/h2-4,7-8,11,15-16,19,21,23H,5-6,9-10,12H2,1H3,(H,22,24). The van der Waals surface area contributed by atoms with E-state index >= 15 is 0 Å². The monoisotopic (exact) mass is 339 g/mol. The SMILES string of the molecule is COc1ccc2cccc(CC(=O)NC3C4CCC(C4)C3CO)c2c1. The van der Waals surface area contributed by atoms with Crippen molar-refractivity contribution in [2.24, 2.45) is 17.8 Å². The zero-order chi connectivity index (χ0) is 17.4. The molecule has 2 bridgehead atoms. The fourth-order valence-electron chi connectivity index (χ4n) is 4.91. The van der Waals surface area contributed by atoms with Crippen LogP contribution >= 0.6 is 0 Å². The first-order valence-electron chi connectivity index (χ1n) is 9.15. The summed E-state index contributed by atoms with van der Waals surface area (Å²) < 4.78 is 5.32. The topological polar surface area (TPSA) is 58.6 Å². The average molecular weight is 339 g/mol. The third kappa shape index (κ3) is 2.99. The maximum Gasteiger partial charge on any atom is 0.224 e. The Morgan fingerprint density at radius 3 is 2.88 bits per heavy atom. The van der Waals surface area contributed by atoms with Crippen LogP contribution in [0.15, 0.2) is 36.4 Å². The van der Waals surface area contributed by atoms with Crippen LogP contribution in [0.5, 0.6) is 5.75 Å². The molecule has 0 spiro atoms. The first-order chi connectivity index (χ1) is 12.2. The molecule has 2 N–H and O–H groups in total. The molecule has 0 aliphatic heterocycles. The Labute approximate surface area is 148 Å². The normalized spacial score (nSPS) is 27.6. The minimum Gasteiger partial charge on any atom is -0.497 e. The summed E-state index contributed by atoms with van der Waals surface area (Å²) in [5.41, 5.74) is 1.01. The number of ether oxygens (including phenoxy) is 1. The highest BCUT2D eigenvalue weighted by molar-refractivity contribution is 5.91. The van der Waals surface area contributed by atoms with Gasteiger partial charge in [-0.15, -0.1) is 0 Å². The lowest BCUT2D eigenvalue weighted by Gasteiger charge is -2.30. The molecule has 2 aliphatic carbocycles. The van der Waals surface area contributed by atoms with Gasteiger partial charge >= 0.3 is 0 Å². The molecular weight excluding hydrogens is 314 g/mol. The van der Waals surface area contributed by atoms with E-state index in [-0.39, 0.29) is 24.5 Å². The number of methoxy groups -OCH3 is 1. The number of carbonyl (C=O) groups excluding carboxylic acids is 1. The fraction of sp³-hybridized carbons (Fsp3) is 0.476. The molecule has 132 valence electrons. The van der Waals surface area contributed by atoms with E-state index in [4.69, 9.17) is 4.74 Å². The third-order valence-electron chi connectivity index (χ3n) is 6.16. The van der Waals surface area contributed by atoms with Gasteiger partial charge in [0.05, 0.1) is 13.5 Å². The van der Waals surface area contributed by atoms with Crippen LogP contribution < -0.4 is 10.1 Å². The maximum absolute atomic E-state index is 12.7. The molecule has 4 nitrogen and oxygen atoms in total. The minimum atomic E-state index is 0.0475. The number of benzene rings is 2. The van der Waals surface area contributed by atoms with Crippen molar-refractivity contribution in [1.29, 1.82) is 0 Å². The van der Waals surface area contributed by atoms with Crippen molar-refractivity contribution in [3.63, 3.8) is 0 Å². The summed E-state index contributed by atoms with van der Waals surface area (Å²) in [6, 6.07) is 12.1. The van der Waals surface area contributed by atoms with E-state index in [1.165, 1.54) is 12.8 Å². The third-order valence-corrected chi connectivity index (χ3v) is 6.16. The van der Waals surface area contributed by atoms with Gasteiger partial charge in [0.15, 0.2) is 0 Å². The molecule has 25 heavy (non-hydrogen) atoms. The van der Waals surface area contributed by atoms with Crippen LogP contribution in [-0.2, 0) is 11.2 Å². The Kier molecular flexibility index (Phi) is 4.38. The van der Waals surface area contributed by atoms with Crippen LogP contribution in [0, 0.1) is 17.8 Å². The second-order valence-electron chi connectivity index (χ2n) is 7.45. The van der Waals surface area contributed by atoms with Gasteiger partial charge in [-0.05, 0) is 59.6 Å². The summed E-state index contributed by atoms with van der Waals surface area (Å²) in [6.07, 6.45) is 3.89. The summed E-state index contributed by atoms with van der Waals surface area (Å²) >= 11 is 0. The molecule has 0 radical (unpaired) electrons. The quantitative estimate of drug-likeness (QED) is 0.881. The summed E-state index contributed by atoms with van der Waals surface area (Å²) in [4.78, 5) is 12.7. The van der Waals surface area contributed by atoms with Gasteiger partial charge in [0.25, 0.3) is 0 Å². The van der Waals surface area contributed by atoms with Gasteiger partial charge in [-0.2, -0.15) is 0 Å². The number of hydrogen-bond acceptors (Lipinski definition) is 3. The molecule has 2 aliphatic rings. The van der Waals surface area contributed by atoms with Crippen molar-refractivity contribution in [2.45, 2.75) is 31.7 Å². The second-order valence-corrected chi connectivity index (χ2v) is 7.45. The number of carbonyl (C=O) groups is 1. The Bertz CT molecular complexity index is 788. The van der Waals surface area contributed by atoms with Crippen LogP contribution in [0.2, 0.25) is 0 Å². The molecule has 0 saturated heterocycles. The maximum atomic E-state index is 12.7. The van der Waals surface area contributed by atoms with Gasteiger partial charge in [-0.25, -0.2) is 0 Å². The number of amides is 1. The molecule has 0 heterocycles. The molecule has 2 aromatic carbocycles. The van der Waals surface area contributed by atoms with Crippen LogP contribution in [0.4, 0.5) is 0 Å². The minimum absolute atomic E-state index is 0.0475. The van der Waals surface area contributed by atoms with E-state index < -0.39 is 0 Å². The van der Waals surface area contributed by atoms with Crippen molar-refractivity contribution in [3.8, 4) is 5.75 Å². The van der Waals surface area contributed by atoms with E-state index in [9.17, 15) is 9.90 Å². The molecule has 1 amide bonds. The van der Waals surface area contributed by atoms with Crippen LogP contribution in [0.25, 0.3) is 10.8 Å². The molecule has 2 aromatic rings. The number of hydrogen-bond donors (Lipinski definition) is 2. The predicted octanol–water partition coefficient (Wildman–Crippen LogP) is 2.91. The van der Waals surface area contributed by atoms with Gasteiger partial charge in [-0.3, -0.25) is 4.79 Å². The van der Waals surface area contributed by atoms with Gasteiger partial charge < -0.3 is 15.2 Å². The van der Waals surface area contributed by atoms with E-state index in [1.807, 2.05) is 36.4 Å². The van der Waals surface area contributed by atoms with E-state index in [2.05, 4.69) is 5.32 Å². The highest BCUT2D eigenvalue weighted by atomic mass is 16.5. The van der Waals surface area contributed by atoms with Crippen molar-refractivity contribution in [2.75, 3.05) is 13.7 Å². The summed E-state index contributed by atoms with van der Waals surface area (Å²) in [5, 5.41) is 15.1. The molecule has 2 saturated carbocycles. The smallest absolute Gasteiger partial charge is 0.224 e. The predicted molar refractivity (Wildman–Crippen MR) is 97.5 cm³/mol. The first kappa shape index (κ1) is 16.4. The lowest BCUT2D eigenvalue weighted by atomic mass is 9.85. The Hall–Kier alpha value is -2.07. The second kappa shape index (κ2) is 6.68. The van der Waals surface area contributed by atoms with E-state index in [1.54, 1.807) is 7.11 Å². The lowest BCUT2D eigenvalue weighted by Crippen LogP contribution is -2.45. The fourth-order valence-corrected chi connectivity index (χ4v) is 4.91. The highest BCUT2D eigenvalue weighted by Gasteiger charge is 2.47. The van der Waals surface area contributed by atoms with Crippen molar-refractivity contribution >= 4 is 16.7 Å². The van der Waals surface area contributed by atoms with Crippen molar-refractivity contribution in [1.82, 2.24) is 5.32 Å². The largest absolute Gasteiger partial charge is 0.497 e. The number of aliphatic hydroxyl groups excluding tert-OH is 1. The number of rotatable bonds is 5. The van der Waals surface area contributed by atoms with E-state index in [0.717, 1.165) is 28.5 Å². The van der Waals surface area contributed by atoms with E-state index in [0.29, 0.717) is 18.3 Å². The number of nitrogens with one attached hydrogen (secondary N) is 1. The lowest BCUT2D eigenvalue weighted by molar-refractivity contribution is -0.122. The number of aliphatic hydroxyl groups is 1. The van der Waals surface area contributed by atoms with Gasteiger partial charge in [-0.1, -0.05) is 24.3 Å². The molecule has 4 heteroatoms. The zero-order valence-electron chi connectivity index (χ0n) is 14.6. The van der Waals surface area contributed by atoms with Crippen molar-refractivity contribution in [3.05, 3.63) is 42.0 Å². The van der Waals surface area contributed by atoms with Crippen molar-refractivity contribution < 1.29 is 14.6 Å². The van der Waals surface area contributed by atoms with Crippen LogP contribution in [-0.4, -0.2) is 30.8 Å². The molecule has 2 fully saturated rings.